The van der Waals surface area contributed by atoms with Gasteiger partial charge in [-0.05, 0) is 12.5 Å². The van der Waals surface area contributed by atoms with Crippen LogP contribution in [0.3, 0.4) is 0 Å². The van der Waals surface area contributed by atoms with Crippen molar-refractivity contribution < 1.29 is 0 Å². The standard InChI is InChI=1S/C11H17N.BrH.2H2S/c1-9(2)12-10(3)11-7-5-4-6-8-11;;;/h4-10,12H,1-3H3;1H;2*1H2/t10-;;;/m0.../s1. The van der Waals surface area contributed by atoms with E-state index < -0.39 is 0 Å². The topological polar surface area (TPSA) is 12.0 Å². The zero-order valence-corrected chi connectivity index (χ0v) is 13.2. The van der Waals surface area contributed by atoms with Gasteiger partial charge in [0.1, 0.15) is 0 Å². The fourth-order valence-corrected chi connectivity index (χ4v) is 1.34. The Labute approximate surface area is 118 Å². The number of hydrogen-bond acceptors (Lipinski definition) is 1. The minimum Gasteiger partial charge on any atom is -0.308 e. The molecule has 0 fully saturated rings. The zero-order chi connectivity index (χ0) is 8.97. The molecule has 0 heterocycles. The molecule has 0 radical (unpaired) electrons. The van der Waals surface area contributed by atoms with Gasteiger partial charge in [-0.3, -0.25) is 0 Å². The van der Waals surface area contributed by atoms with Crippen LogP contribution in [0.15, 0.2) is 30.3 Å². The third-order valence-corrected chi connectivity index (χ3v) is 1.88. The average Bonchev–Trinajstić information content (AvgIpc) is 2.05. The van der Waals surface area contributed by atoms with Gasteiger partial charge in [-0.15, -0.1) is 17.0 Å². The van der Waals surface area contributed by atoms with Gasteiger partial charge in [0.2, 0.25) is 0 Å². The van der Waals surface area contributed by atoms with E-state index in [0.717, 1.165) is 0 Å². The van der Waals surface area contributed by atoms with Crippen LogP contribution in [0.1, 0.15) is 32.4 Å². The molecule has 0 unspecified atom stereocenters. The highest BCUT2D eigenvalue weighted by atomic mass is 79.9. The lowest BCUT2D eigenvalue weighted by molar-refractivity contribution is 0.506. The van der Waals surface area contributed by atoms with Gasteiger partial charge >= 0.3 is 0 Å². The first-order chi connectivity index (χ1) is 5.70. The Morgan fingerprint density at radius 3 is 1.80 bits per heavy atom. The summed E-state index contributed by atoms with van der Waals surface area (Å²) in [7, 11) is 0. The molecule has 0 spiro atoms. The molecule has 1 aromatic carbocycles. The number of nitrogens with one attached hydrogen (secondary N) is 1. The molecule has 1 rings (SSSR count). The molecule has 0 aliphatic rings. The summed E-state index contributed by atoms with van der Waals surface area (Å²) in [5, 5.41) is 3.46. The van der Waals surface area contributed by atoms with Crippen LogP contribution in [0.5, 0.6) is 0 Å². The van der Waals surface area contributed by atoms with E-state index >= 15 is 0 Å². The minimum absolute atomic E-state index is 0. The second-order valence-electron chi connectivity index (χ2n) is 3.45. The summed E-state index contributed by atoms with van der Waals surface area (Å²) >= 11 is 0. The SMILES string of the molecule is Br.CC(C)N[C@@H](C)c1ccccc1.S.S. The maximum atomic E-state index is 3.46. The van der Waals surface area contributed by atoms with E-state index in [2.05, 4.69) is 50.4 Å². The maximum absolute atomic E-state index is 3.46. The van der Waals surface area contributed by atoms with Crippen molar-refractivity contribution in [2.24, 2.45) is 0 Å². The Kier molecular flexibility index (Phi) is 15.0. The maximum Gasteiger partial charge on any atom is 0.0294 e. The van der Waals surface area contributed by atoms with Gasteiger partial charge in [0.25, 0.3) is 0 Å². The van der Waals surface area contributed by atoms with Gasteiger partial charge in [0, 0.05) is 12.1 Å². The van der Waals surface area contributed by atoms with E-state index in [0.29, 0.717) is 12.1 Å². The Balaban J connectivity index is -0.000000480. The predicted octanol–water partition coefficient (Wildman–Crippen LogP) is 3.55. The lowest BCUT2D eigenvalue weighted by Gasteiger charge is -2.16. The first-order valence-electron chi connectivity index (χ1n) is 4.51. The molecular formula is C11H22BrNS2. The molecule has 1 aromatic rings. The Bertz CT molecular complexity index is 229. The zero-order valence-electron chi connectivity index (χ0n) is 9.45. The first kappa shape index (κ1) is 20.7. The average molecular weight is 312 g/mol. The summed E-state index contributed by atoms with van der Waals surface area (Å²) in [6.07, 6.45) is 0. The fourth-order valence-electron chi connectivity index (χ4n) is 1.34. The predicted molar refractivity (Wildman–Crippen MR) is 84.2 cm³/mol. The van der Waals surface area contributed by atoms with E-state index in [4.69, 9.17) is 0 Å². The highest BCUT2D eigenvalue weighted by Crippen LogP contribution is 2.11. The van der Waals surface area contributed by atoms with Gasteiger partial charge in [-0.25, -0.2) is 0 Å². The molecule has 1 atom stereocenters. The minimum atomic E-state index is 0. The third kappa shape index (κ3) is 8.20. The van der Waals surface area contributed by atoms with Crippen LogP contribution in [0.25, 0.3) is 0 Å². The summed E-state index contributed by atoms with van der Waals surface area (Å²) in [4.78, 5) is 0. The molecule has 0 amide bonds. The smallest absolute Gasteiger partial charge is 0.0294 e. The normalized spacial score (nSPS) is 10.7. The van der Waals surface area contributed by atoms with E-state index in [9.17, 15) is 0 Å². The summed E-state index contributed by atoms with van der Waals surface area (Å²) in [6.45, 7) is 6.52. The Hall–Kier alpha value is 0.360. The summed E-state index contributed by atoms with van der Waals surface area (Å²) in [6, 6.07) is 11.5. The lowest BCUT2D eigenvalue weighted by Crippen LogP contribution is -2.25. The molecule has 0 saturated carbocycles. The molecule has 0 aliphatic heterocycles. The van der Waals surface area contributed by atoms with E-state index in [-0.39, 0.29) is 44.0 Å². The van der Waals surface area contributed by atoms with Crippen LogP contribution < -0.4 is 5.32 Å². The fraction of sp³-hybridized carbons (Fsp3) is 0.455. The van der Waals surface area contributed by atoms with Crippen molar-refractivity contribution in [2.75, 3.05) is 0 Å². The van der Waals surface area contributed by atoms with Crippen LogP contribution in [0, 0.1) is 0 Å². The molecule has 0 aromatic heterocycles. The van der Waals surface area contributed by atoms with Crippen LogP contribution in [-0.4, -0.2) is 6.04 Å². The van der Waals surface area contributed by atoms with Crippen molar-refractivity contribution in [3.8, 4) is 0 Å². The van der Waals surface area contributed by atoms with Crippen LogP contribution >= 0.6 is 44.0 Å². The molecule has 15 heavy (non-hydrogen) atoms. The van der Waals surface area contributed by atoms with Crippen LogP contribution in [0.4, 0.5) is 0 Å². The number of hydrogen-bond donors (Lipinski definition) is 1. The van der Waals surface area contributed by atoms with Crippen molar-refractivity contribution >= 4 is 44.0 Å². The van der Waals surface area contributed by atoms with E-state index in [1.54, 1.807) is 0 Å². The van der Waals surface area contributed by atoms with Crippen molar-refractivity contribution in [1.29, 1.82) is 0 Å². The van der Waals surface area contributed by atoms with Crippen molar-refractivity contribution in [3.63, 3.8) is 0 Å². The van der Waals surface area contributed by atoms with Crippen molar-refractivity contribution in [2.45, 2.75) is 32.9 Å². The second kappa shape index (κ2) is 10.9. The molecule has 1 N–H and O–H groups in total. The molecule has 0 bridgehead atoms. The first-order valence-corrected chi connectivity index (χ1v) is 4.51. The van der Waals surface area contributed by atoms with Crippen LogP contribution in [-0.2, 0) is 0 Å². The largest absolute Gasteiger partial charge is 0.308 e. The van der Waals surface area contributed by atoms with Gasteiger partial charge in [0.05, 0.1) is 0 Å². The highest BCUT2D eigenvalue weighted by Gasteiger charge is 2.04. The Morgan fingerprint density at radius 2 is 1.40 bits per heavy atom. The van der Waals surface area contributed by atoms with Gasteiger partial charge in [-0.1, -0.05) is 44.2 Å². The summed E-state index contributed by atoms with van der Waals surface area (Å²) in [5.41, 5.74) is 1.35. The molecule has 0 aliphatic carbocycles. The summed E-state index contributed by atoms with van der Waals surface area (Å²) < 4.78 is 0. The van der Waals surface area contributed by atoms with Gasteiger partial charge in [-0.2, -0.15) is 27.0 Å². The quantitative estimate of drug-likeness (QED) is 0.900. The van der Waals surface area contributed by atoms with Crippen LogP contribution in [0.2, 0.25) is 0 Å². The molecule has 0 saturated heterocycles. The summed E-state index contributed by atoms with van der Waals surface area (Å²) in [5.74, 6) is 0. The van der Waals surface area contributed by atoms with Crippen molar-refractivity contribution in [1.82, 2.24) is 5.32 Å². The Morgan fingerprint density at radius 1 is 0.933 bits per heavy atom. The van der Waals surface area contributed by atoms with Gasteiger partial charge in [0.15, 0.2) is 0 Å². The number of rotatable bonds is 3. The third-order valence-electron chi connectivity index (χ3n) is 1.88. The number of benzene rings is 1. The number of halogens is 1. The molecular weight excluding hydrogens is 290 g/mol. The molecule has 1 nitrogen and oxygen atoms in total. The highest BCUT2D eigenvalue weighted by molar-refractivity contribution is 8.93. The van der Waals surface area contributed by atoms with Gasteiger partial charge < -0.3 is 5.32 Å². The van der Waals surface area contributed by atoms with E-state index in [1.807, 2.05) is 6.07 Å². The van der Waals surface area contributed by atoms with E-state index in [1.165, 1.54) is 5.56 Å². The molecule has 90 valence electrons. The molecule has 4 heteroatoms. The monoisotopic (exact) mass is 311 g/mol. The van der Waals surface area contributed by atoms with Crippen molar-refractivity contribution in [3.05, 3.63) is 35.9 Å². The lowest BCUT2D eigenvalue weighted by atomic mass is 10.1. The second-order valence-corrected chi connectivity index (χ2v) is 3.45.